The van der Waals surface area contributed by atoms with Crippen LogP contribution >= 0.6 is 0 Å². The van der Waals surface area contributed by atoms with Crippen molar-refractivity contribution in [1.82, 2.24) is 5.32 Å². The lowest BCUT2D eigenvalue weighted by Crippen LogP contribution is -2.49. The minimum Gasteiger partial charge on any atom is -0.480 e. The predicted molar refractivity (Wildman–Crippen MR) is 62.6 cm³/mol. The lowest BCUT2D eigenvalue weighted by atomic mass is 9.98. The maximum atomic E-state index is 11.8. The summed E-state index contributed by atoms with van der Waals surface area (Å²) >= 11 is 0. The van der Waals surface area contributed by atoms with Crippen LogP contribution in [0.3, 0.4) is 0 Å². The minimum atomic E-state index is -0.983. The molecule has 0 aromatic heterocycles. The third-order valence-electron chi connectivity index (χ3n) is 3.25. The standard InChI is InChI=1S/C12H21NO4/c1-3-8(2)10(12(15)16)13-11(14)9-6-4-5-7-17-9/h8-10H,3-7H2,1-2H3,(H,13,14)(H,15,16)/t8-,9-,10-/m0/s1. The van der Waals surface area contributed by atoms with E-state index in [2.05, 4.69) is 5.32 Å². The van der Waals surface area contributed by atoms with Gasteiger partial charge in [-0.3, -0.25) is 4.79 Å². The van der Waals surface area contributed by atoms with Gasteiger partial charge in [0.1, 0.15) is 12.1 Å². The van der Waals surface area contributed by atoms with E-state index in [-0.39, 0.29) is 11.8 Å². The van der Waals surface area contributed by atoms with Crippen molar-refractivity contribution in [2.24, 2.45) is 5.92 Å². The third-order valence-corrected chi connectivity index (χ3v) is 3.25. The Hall–Kier alpha value is -1.10. The smallest absolute Gasteiger partial charge is 0.326 e. The zero-order valence-electron chi connectivity index (χ0n) is 10.4. The van der Waals surface area contributed by atoms with E-state index in [0.717, 1.165) is 12.8 Å². The van der Waals surface area contributed by atoms with Crippen molar-refractivity contribution >= 4 is 11.9 Å². The van der Waals surface area contributed by atoms with E-state index in [4.69, 9.17) is 9.84 Å². The molecule has 0 radical (unpaired) electrons. The molecule has 17 heavy (non-hydrogen) atoms. The SMILES string of the molecule is CC[C@H](C)[C@H](NC(=O)[C@@H]1CCCCO1)C(=O)O. The van der Waals surface area contributed by atoms with E-state index < -0.39 is 18.1 Å². The number of nitrogens with one attached hydrogen (secondary N) is 1. The first-order valence-electron chi connectivity index (χ1n) is 6.21. The summed E-state index contributed by atoms with van der Waals surface area (Å²) in [5, 5.41) is 11.6. The Morgan fingerprint density at radius 1 is 1.47 bits per heavy atom. The number of ether oxygens (including phenoxy) is 1. The van der Waals surface area contributed by atoms with Crippen LogP contribution in [0, 0.1) is 5.92 Å². The topological polar surface area (TPSA) is 75.6 Å². The molecule has 0 unspecified atom stereocenters. The number of hydrogen-bond donors (Lipinski definition) is 2. The van der Waals surface area contributed by atoms with Crippen molar-refractivity contribution in [1.29, 1.82) is 0 Å². The highest BCUT2D eigenvalue weighted by molar-refractivity contribution is 5.86. The van der Waals surface area contributed by atoms with Gasteiger partial charge in [0.05, 0.1) is 0 Å². The van der Waals surface area contributed by atoms with Crippen LogP contribution in [0.4, 0.5) is 0 Å². The highest BCUT2D eigenvalue weighted by Gasteiger charge is 2.29. The zero-order chi connectivity index (χ0) is 12.8. The first-order valence-corrected chi connectivity index (χ1v) is 6.21. The maximum absolute atomic E-state index is 11.8. The summed E-state index contributed by atoms with van der Waals surface area (Å²) < 4.78 is 5.33. The number of hydrogen-bond acceptors (Lipinski definition) is 3. The van der Waals surface area contributed by atoms with Crippen molar-refractivity contribution in [2.45, 2.75) is 51.7 Å². The van der Waals surface area contributed by atoms with E-state index in [1.165, 1.54) is 0 Å². The Labute approximate surface area is 102 Å². The number of rotatable bonds is 5. The van der Waals surface area contributed by atoms with Crippen molar-refractivity contribution in [3.05, 3.63) is 0 Å². The summed E-state index contributed by atoms with van der Waals surface area (Å²) in [6.07, 6.45) is 2.84. The second-order valence-corrected chi connectivity index (χ2v) is 4.57. The summed E-state index contributed by atoms with van der Waals surface area (Å²) in [7, 11) is 0. The second-order valence-electron chi connectivity index (χ2n) is 4.57. The Morgan fingerprint density at radius 3 is 2.65 bits per heavy atom. The molecule has 1 amide bonds. The number of carboxylic acids is 1. The van der Waals surface area contributed by atoms with E-state index in [1.807, 2.05) is 13.8 Å². The highest BCUT2D eigenvalue weighted by Crippen LogP contribution is 2.14. The molecule has 98 valence electrons. The van der Waals surface area contributed by atoms with Gasteiger partial charge < -0.3 is 15.2 Å². The van der Waals surface area contributed by atoms with Crippen molar-refractivity contribution in [3.63, 3.8) is 0 Å². The summed E-state index contributed by atoms with van der Waals surface area (Å²) in [4.78, 5) is 22.9. The molecule has 0 saturated carbocycles. The largest absolute Gasteiger partial charge is 0.480 e. The van der Waals surface area contributed by atoms with Crippen molar-refractivity contribution < 1.29 is 19.4 Å². The van der Waals surface area contributed by atoms with Crippen LogP contribution in [0.1, 0.15) is 39.5 Å². The minimum absolute atomic E-state index is 0.0833. The molecule has 1 heterocycles. The van der Waals surface area contributed by atoms with Gasteiger partial charge >= 0.3 is 5.97 Å². The van der Waals surface area contributed by atoms with Crippen LogP contribution < -0.4 is 5.32 Å². The lowest BCUT2D eigenvalue weighted by Gasteiger charge is -2.25. The first-order chi connectivity index (χ1) is 8.06. The van der Waals surface area contributed by atoms with Crippen LogP contribution in [0.2, 0.25) is 0 Å². The van der Waals surface area contributed by atoms with Crippen LogP contribution in [-0.2, 0) is 14.3 Å². The zero-order valence-corrected chi connectivity index (χ0v) is 10.4. The van der Waals surface area contributed by atoms with Gasteiger partial charge in [0.25, 0.3) is 0 Å². The number of carbonyl (C=O) groups excluding carboxylic acids is 1. The van der Waals surface area contributed by atoms with Gasteiger partial charge in [-0.1, -0.05) is 20.3 Å². The van der Waals surface area contributed by atoms with Crippen molar-refractivity contribution in [3.8, 4) is 0 Å². The third kappa shape index (κ3) is 4.00. The normalized spacial score (nSPS) is 23.8. The Kier molecular flexibility index (Phi) is 5.41. The Morgan fingerprint density at radius 2 is 2.18 bits per heavy atom. The molecular formula is C12H21NO4. The van der Waals surface area contributed by atoms with E-state index in [0.29, 0.717) is 19.4 Å². The number of aliphatic carboxylic acids is 1. The fraction of sp³-hybridized carbons (Fsp3) is 0.833. The fourth-order valence-corrected chi connectivity index (χ4v) is 1.88. The lowest BCUT2D eigenvalue weighted by molar-refractivity contribution is -0.146. The number of amides is 1. The van der Waals surface area contributed by atoms with Crippen LogP contribution in [0.25, 0.3) is 0 Å². The van der Waals surface area contributed by atoms with Gasteiger partial charge in [-0.05, 0) is 25.2 Å². The van der Waals surface area contributed by atoms with Gasteiger partial charge in [-0.15, -0.1) is 0 Å². The molecule has 0 aliphatic carbocycles. The molecule has 1 rings (SSSR count). The number of carboxylic acid groups (broad SMARTS) is 1. The quantitative estimate of drug-likeness (QED) is 0.760. The molecule has 3 atom stereocenters. The van der Waals surface area contributed by atoms with Crippen molar-refractivity contribution in [2.75, 3.05) is 6.61 Å². The summed E-state index contributed by atoms with van der Waals surface area (Å²) in [5.74, 6) is -1.36. The summed E-state index contributed by atoms with van der Waals surface area (Å²) in [6.45, 7) is 4.31. The molecule has 0 spiro atoms. The molecular weight excluding hydrogens is 222 g/mol. The van der Waals surface area contributed by atoms with Gasteiger partial charge in [0, 0.05) is 6.61 Å². The van der Waals surface area contributed by atoms with E-state index in [1.54, 1.807) is 0 Å². The van der Waals surface area contributed by atoms with Gasteiger partial charge in [0.15, 0.2) is 0 Å². The molecule has 1 fully saturated rings. The predicted octanol–water partition coefficient (Wildman–Crippen LogP) is 1.17. The van der Waals surface area contributed by atoms with Gasteiger partial charge in [0.2, 0.25) is 5.91 Å². The Balaban J connectivity index is 2.53. The molecule has 5 nitrogen and oxygen atoms in total. The number of carbonyl (C=O) groups is 2. The Bertz CT molecular complexity index is 274. The maximum Gasteiger partial charge on any atom is 0.326 e. The fourth-order valence-electron chi connectivity index (χ4n) is 1.88. The molecule has 1 saturated heterocycles. The molecule has 5 heteroatoms. The van der Waals surface area contributed by atoms with E-state index >= 15 is 0 Å². The average molecular weight is 243 g/mol. The molecule has 0 aromatic rings. The van der Waals surface area contributed by atoms with Gasteiger partial charge in [-0.25, -0.2) is 4.79 Å². The molecule has 2 N–H and O–H groups in total. The van der Waals surface area contributed by atoms with Crippen LogP contribution in [0.5, 0.6) is 0 Å². The highest BCUT2D eigenvalue weighted by atomic mass is 16.5. The first kappa shape index (κ1) is 14.0. The van der Waals surface area contributed by atoms with Gasteiger partial charge in [-0.2, -0.15) is 0 Å². The van der Waals surface area contributed by atoms with Crippen LogP contribution in [0.15, 0.2) is 0 Å². The molecule has 0 bridgehead atoms. The van der Waals surface area contributed by atoms with Crippen LogP contribution in [-0.4, -0.2) is 35.7 Å². The summed E-state index contributed by atoms with van der Waals surface area (Å²) in [5.41, 5.74) is 0. The van der Waals surface area contributed by atoms with E-state index in [9.17, 15) is 9.59 Å². The molecule has 1 aliphatic rings. The monoisotopic (exact) mass is 243 g/mol. The molecule has 1 aliphatic heterocycles. The molecule has 0 aromatic carbocycles. The second kappa shape index (κ2) is 6.59. The summed E-state index contributed by atoms with van der Waals surface area (Å²) in [6, 6.07) is -0.821. The average Bonchev–Trinajstić information content (AvgIpc) is 2.35.